The predicted molar refractivity (Wildman–Crippen MR) is 85.4 cm³/mol. The molecule has 2 aromatic carbocycles. The molecule has 1 aromatic heterocycles. The van der Waals surface area contributed by atoms with Crippen LogP contribution in [0.4, 0.5) is 5.69 Å². The van der Waals surface area contributed by atoms with Crippen LogP contribution in [-0.4, -0.2) is 21.3 Å². The van der Waals surface area contributed by atoms with Crippen LogP contribution in [0.25, 0.3) is 11.1 Å². The molecule has 0 saturated carbocycles. The highest BCUT2D eigenvalue weighted by Gasteiger charge is 2.05. The van der Waals surface area contributed by atoms with Crippen LogP contribution >= 0.6 is 11.6 Å². The topological polar surface area (TPSA) is 42.7 Å². The van der Waals surface area contributed by atoms with Gasteiger partial charge < -0.3 is 5.32 Å². The average molecular weight is 299 g/mol. The summed E-state index contributed by atoms with van der Waals surface area (Å²) in [6.45, 7) is 1.50. The Morgan fingerprint density at radius 2 is 1.95 bits per heavy atom. The lowest BCUT2D eigenvalue weighted by molar-refractivity contribution is 0.636. The van der Waals surface area contributed by atoms with E-state index >= 15 is 0 Å². The fourth-order valence-electron chi connectivity index (χ4n) is 2.19. The largest absolute Gasteiger partial charge is 0.383 e. The summed E-state index contributed by atoms with van der Waals surface area (Å²) in [4.78, 5) is 3.93. The Morgan fingerprint density at radius 3 is 2.71 bits per heavy atom. The van der Waals surface area contributed by atoms with E-state index in [0.717, 1.165) is 34.9 Å². The van der Waals surface area contributed by atoms with Crippen molar-refractivity contribution in [1.82, 2.24) is 14.8 Å². The number of rotatable bonds is 5. The van der Waals surface area contributed by atoms with Crippen molar-refractivity contribution >= 4 is 17.3 Å². The van der Waals surface area contributed by atoms with E-state index in [1.165, 1.54) is 6.33 Å². The Hall–Kier alpha value is -2.33. The van der Waals surface area contributed by atoms with E-state index < -0.39 is 0 Å². The van der Waals surface area contributed by atoms with E-state index in [-0.39, 0.29) is 0 Å². The van der Waals surface area contributed by atoms with Crippen LogP contribution in [0.15, 0.2) is 61.2 Å². The van der Waals surface area contributed by atoms with Crippen LogP contribution in [-0.2, 0) is 6.54 Å². The second kappa shape index (κ2) is 6.41. The molecule has 0 aliphatic rings. The maximum absolute atomic E-state index is 6.12. The summed E-state index contributed by atoms with van der Waals surface area (Å²) in [5, 5.41) is 8.22. The number of benzene rings is 2. The lowest BCUT2D eigenvalue weighted by atomic mass is 10.0. The molecule has 1 heterocycles. The number of hydrogen-bond acceptors (Lipinski definition) is 3. The molecule has 106 valence electrons. The molecule has 0 atom stereocenters. The van der Waals surface area contributed by atoms with Crippen molar-refractivity contribution in [3.63, 3.8) is 0 Å². The third-order valence-corrected chi connectivity index (χ3v) is 3.42. The molecule has 5 heteroatoms. The summed E-state index contributed by atoms with van der Waals surface area (Å²) in [7, 11) is 0. The lowest BCUT2D eigenvalue weighted by Crippen LogP contribution is -2.11. The van der Waals surface area contributed by atoms with Crippen LogP contribution in [0, 0.1) is 0 Å². The van der Waals surface area contributed by atoms with Gasteiger partial charge in [0.25, 0.3) is 0 Å². The molecule has 0 saturated heterocycles. The van der Waals surface area contributed by atoms with Gasteiger partial charge in [0.2, 0.25) is 0 Å². The first-order valence-corrected chi connectivity index (χ1v) is 7.12. The Kier molecular flexibility index (Phi) is 4.17. The van der Waals surface area contributed by atoms with Crippen molar-refractivity contribution in [2.75, 3.05) is 11.9 Å². The first-order valence-electron chi connectivity index (χ1n) is 6.74. The highest BCUT2D eigenvalue weighted by Crippen LogP contribution is 2.30. The Labute approximate surface area is 128 Å². The molecule has 0 amide bonds. The quantitative estimate of drug-likeness (QED) is 0.781. The third kappa shape index (κ3) is 3.41. The van der Waals surface area contributed by atoms with E-state index in [0.29, 0.717) is 0 Å². The van der Waals surface area contributed by atoms with Crippen molar-refractivity contribution in [3.05, 3.63) is 66.2 Å². The lowest BCUT2D eigenvalue weighted by Gasteiger charge is -2.13. The molecule has 4 nitrogen and oxygen atoms in total. The molecule has 0 fully saturated rings. The maximum Gasteiger partial charge on any atom is 0.137 e. The summed E-state index contributed by atoms with van der Waals surface area (Å²) in [5.74, 6) is 0. The SMILES string of the molecule is Clc1ccc(-c2ccccc2)c(NCCn2cncn2)c1. The Bertz CT molecular complexity index is 696. The van der Waals surface area contributed by atoms with E-state index in [1.807, 2.05) is 36.4 Å². The number of hydrogen-bond donors (Lipinski definition) is 1. The second-order valence-electron chi connectivity index (χ2n) is 4.64. The van der Waals surface area contributed by atoms with Gasteiger partial charge in [0.15, 0.2) is 0 Å². The Balaban J connectivity index is 1.78. The van der Waals surface area contributed by atoms with Gasteiger partial charge in [-0.25, -0.2) is 4.98 Å². The molecular weight excluding hydrogens is 284 g/mol. The van der Waals surface area contributed by atoms with Gasteiger partial charge in [-0.15, -0.1) is 0 Å². The summed E-state index contributed by atoms with van der Waals surface area (Å²) in [5.41, 5.74) is 3.32. The Morgan fingerprint density at radius 1 is 1.10 bits per heavy atom. The summed E-state index contributed by atoms with van der Waals surface area (Å²) >= 11 is 6.12. The number of anilines is 1. The van der Waals surface area contributed by atoms with Crippen molar-refractivity contribution in [1.29, 1.82) is 0 Å². The van der Waals surface area contributed by atoms with E-state index in [1.54, 1.807) is 11.0 Å². The molecule has 1 N–H and O–H groups in total. The fourth-order valence-corrected chi connectivity index (χ4v) is 2.36. The zero-order valence-electron chi connectivity index (χ0n) is 11.4. The highest BCUT2D eigenvalue weighted by molar-refractivity contribution is 6.31. The number of halogens is 1. The standard InChI is InChI=1S/C16H15ClN4/c17-14-6-7-15(13-4-2-1-3-5-13)16(10-14)19-8-9-21-12-18-11-20-21/h1-7,10-12,19H,8-9H2. The minimum Gasteiger partial charge on any atom is -0.383 e. The van der Waals surface area contributed by atoms with Gasteiger partial charge in [-0.1, -0.05) is 48.0 Å². The monoisotopic (exact) mass is 298 g/mol. The van der Waals surface area contributed by atoms with Crippen molar-refractivity contribution < 1.29 is 0 Å². The van der Waals surface area contributed by atoms with Crippen molar-refractivity contribution in [3.8, 4) is 11.1 Å². The van der Waals surface area contributed by atoms with Gasteiger partial charge in [-0.05, 0) is 17.7 Å². The number of nitrogens with one attached hydrogen (secondary N) is 1. The van der Waals surface area contributed by atoms with Crippen LogP contribution in [0.1, 0.15) is 0 Å². The van der Waals surface area contributed by atoms with Gasteiger partial charge in [-0.3, -0.25) is 4.68 Å². The van der Waals surface area contributed by atoms with Crippen LogP contribution < -0.4 is 5.32 Å². The molecular formula is C16H15ClN4. The smallest absolute Gasteiger partial charge is 0.137 e. The molecule has 0 bridgehead atoms. The summed E-state index contributed by atoms with van der Waals surface area (Å²) in [6, 6.07) is 16.1. The molecule has 0 spiro atoms. The summed E-state index contributed by atoms with van der Waals surface area (Å²) < 4.78 is 1.79. The number of nitrogens with zero attached hydrogens (tertiary/aromatic N) is 3. The molecule has 3 aromatic rings. The second-order valence-corrected chi connectivity index (χ2v) is 5.08. The molecule has 3 rings (SSSR count). The predicted octanol–water partition coefficient (Wildman–Crippen LogP) is 3.71. The van der Waals surface area contributed by atoms with Crippen LogP contribution in [0.3, 0.4) is 0 Å². The van der Waals surface area contributed by atoms with Crippen molar-refractivity contribution in [2.45, 2.75) is 6.54 Å². The first kappa shape index (κ1) is 13.6. The van der Waals surface area contributed by atoms with Crippen LogP contribution in [0.5, 0.6) is 0 Å². The maximum atomic E-state index is 6.12. The molecule has 0 unspecified atom stereocenters. The van der Waals surface area contributed by atoms with E-state index in [4.69, 9.17) is 11.6 Å². The van der Waals surface area contributed by atoms with E-state index in [2.05, 4.69) is 27.5 Å². The van der Waals surface area contributed by atoms with Gasteiger partial charge in [0.05, 0.1) is 6.54 Å². The van der Waals surface area contributed by atoms with Crippen molar-refractivity contribution in [2.24, 2.45) is 0 Å². The summed E-state index contributed by atoms with van der Waals surface area (Å²) in [6.07, 6.45) is 3.24. The minimum atomic E-state index is 0.720. The molecule has 0 aliphatic heterocycles. The number of aromatic nitrogens is 3. The molecule has 0 aliphatic carbocycles. The molecule has 0 radical (unpaired) electrons. The van der Waals surface area contributed by atoms with Gasteiger partial charge >= 0.3 is 0 Å². The fraction of sp³-hybridized carbons (Fsp3) is 0.125. The van der Waals surface area contributed by atoms with Gasteiger partial charge in [-0.2, -0.15) is 5.10 Å². The normalized spacial score (nSPS) is 10.5. The molecule has 21 heavy (non-hydrogen) atoms. The van der Waals surface area contributed by atoms with Gasteiger partial charge in [0, 0.05) is 22.8 Å². The average Bonchev–Trinajstić information content (AvgIpc) is 3.02. The zero-order valence-corrected chi connectivity index (χ0v) is 12.2. The first-order chi connectivity index (χ1) is 10.3. The third-order valence-electron chi connectivity index (χ3n) is 3.19. The van der Waals surface area contributed by atoms with E-state index in [9.17, 15) is 0 Å². The van der Waals surface area contributed by atoms with Gasteiger partial charge in [0.1, 0.15) is 12.7 Å². The zero-order chi connectivity index (χ0) is 14.5. The highest BCUT2D eigenvalue weighted by atomic mass is 35.5. The van der Waals surface area contributed by atoms with Crippen LogP contribution in [0.2, 0.25) is 5.02 Å². The minimum absolute atomic E-state index is 0.720.